The number of likely N-dealkylation sites (N-methyl/N-ethyl adjacent to an activating group) is 1. The predicted octanol–water partition coefficient (Wildman–Crippen LogP) is 3.26. The maximum absolute atomic E-state index is 12.8. The molecule has 1 aromatic carbocycles. The third kappa shape index (κ3) is 4.71. The lowest BCUT2D eigenvalue weighted by molar-refractivity contribution is 0.102. The Morgan fingerprint density at radius 3 is 2.38 bits per heavy atom. The molecule has 0 bridgehead atoms. The van der Waals surface area contributed by atoms with Crippen LogP contribution < -0.4 is 15.5 Å². The zero-order chi connectivity index (χ0) is 22.8. The lowest BCUT2D eigenvalue weighted by Gasteiger charge is -2.38. The summed E-state index contributed by atoms with van der Waals surface area (Å²) in [6, 6.07) is 4.46. The second kappa shape index (κ2) is 9.42. The average molecular weight is 438 g/mol. The van der Waals surface area contributed by atoms with Gasteiger partial charge in [-0.15, -0.1) is 0 Å². The maximum atomic E-state index is 12.8. The average Bonchev–Trinajstić information content (AvgIpc) is 2.89. The molecular weight excluding hydrogens is 402 g/mol. The monoisotopic (exact) mass is 437 g/mol. The van der Waals surface area contributed by atoms with Crippen LogP contribution in [-0.2, 0) is 0 Å². The second-order valence-corrected chi connectivity index (χ2v) is 9.16. The molecule has 1 amide bonds. The molecule has 2 N–H and O–H groups in total. The number of carbonyl (C=O) groups is 1. The normalized spacial score (nSPS) is 16.8. The van der Waals surface area contributed by atoms with E-state index in [0.29, 0.717) is 23.4 Å². The number of hydrogen-bond donors (Lipinski definition) is 2. The molecule has 0 spiro atoms. The minimum Gasteiger partial charge on any atom is -0.338 e. The number of nitrogens with one attached hydrogen (secondary N) is 2. The summed E-state index contributed by atoms with van der Waals surface area (Å²) in [5.41, 5.74) is 4.41. The fourth-order valence-electron chi connectivity index (χ4n) is 4.47. The number of piperidine rings is 1. The Balaban J connectivity index is 1.53. The van der Waals surface area contributed by atoms with Crippen molar-refractivity contribution < 1.29 is 4.79 Å². The van der Waals surface area contributed by atoms with Gasteiger partial charge in [-0.1, -0.05) is 0 Å². The molecule has 2 aliphatic rings. The number of hydrogen-bond acceptors (Lipinski definition) is 7. The first-order valence-corrected chi connectivity index (χ1v) is 11.6. The summed E-state index contributed by atoms with van der Waals surface area (Å²) in [6.45, 7) is 11.5. The molecule has 32 heavy (non-hydrogen) atoms. The largest absolute Gasteiger partial charge is 0.338 e. The van der Waals surface area contributed by atoms with E-state index in [1.54, 1.807) is 6.20 Å². The molecule has 2 aromatic rings. The van der Waals surface area contributed by atoms with Crippen LogP contribution in [0.25, 0.3) is 0 Å². The van der Waals surface area contributed by atoms with Crippen LogP contribution >= 0.6 is 0 Å². The Morgan fingerprint density at radius 1 is 1.09 bits per heavy atom. The number of benzene rings is 1. The Bertz CT molecular complexity index is 983. The van der Waals surface area contributed by atoms with E-state index in [1.807, 2.05) is 13.0 Å². The molecule has 1 fully saturated rings. The van der Waals surface area contributed by atoms with Gasteiger partial charge in [0.15, 0.2) is 0 Å². The zero-order valence-corrected chi connectivity index (χ0v) is 19.9. The van der Waals surface area contributed by atoms with Gasteiger partial charge in [-0.3, -0.25) is 4.79 Å². The second-order valence-electron chi connectivity index (χ2n) is 9.16. The first-order chi connectivity index (χ1) is 15.4. The first-order valence-electron chi connectivity index (χ1n) is 11.6. The lowest BCUT2D eigenvalue weighted by atomic mass is 10.0. The zero-order valence-electron chi connectivity index (χ0n) is 19.9. The van der Waals surface area contributed by atoms with Gasteiger partial charge in [-0.2, -0.15) is 4.98 Å². The SMILES string of the molecule is CCN(c1ncc2c(n1)Nc1cc(C)c(C)cc1NC2=O)C1CCN(CCN(C)C)CC1. The highest BCUT2D eigenvalue weighted by atomic mass is 16.1. The van der Waals surface area contributed by atoms with Gasteiger partial charge in [0.05, 0.1) is 11.4 Å². The lowest BCUT2D eigenvalue weighted by Crippen LogP contribution is -2.47. The molecule has 0 unspecified atom stereocenters. The first kappa shape index (κ1) is 22.5. The van der Waals surface area contributed by atoms with Crippen molar-refractivity contribution in [2.24, 2.45) is 0 Å². The van der Waals surface area contributed by atoms with Crippen molar-refractivity contribution in [3.63, 3.8) is 0 Å². The number of carbonyl (C=O) groups excluding carboxylic acids is 1. The van der Waals surface area contributed by atoms with Gasteiger partial charge in [0.1, 0.15) is 11.4 Å². The molecule has 4 rings (SSSR count). The van der Waals surface area contributed by atoms with E-state index in [-0.39, 0.29) is 5.91 Å². The number of aryl methyl sites for hydroxylation is 2. The molecule has 2 aliphatic heterocycles. The van der Waals surface area contributed by atoms with Gasteiger partial charge in [0.2, 0.25) is 5.95 Å². The summed E-state index contributed by atoms with van der Waals surface area (Å²) in [5, 5.41) is 6.38. The number of anilines is 4. The Kier molecular flexibility index (Phi) is 6.62. The van der Waals surface area contributed by atoms with E-state index in [1.165, 1.54) is 5.56 Å². The van der Waals surface area contributed by atoms with E-state index in [4.69, 9.17) is 4.98 Å². The van der Waals surface area contributed by atoms with E-state index in [0.717, 1.165) is 62.5 Å². The number of likely N-dealkylation sites (tertiary alicyclic amines) is 1. The van der Waals surface area contributed by atoms with Crippen LogP contribution in [-0.4, -0.2) is 78.5 Å². The van der Waals surface area contributed by atoms with Gasteiger partial charge >= 0.3 is 0 Å². The van der Waals surface area contributed by atoms with Gasteiger partial charge in [0.25, 0.3) is 5.91 Å². The molecule has 3 heterocycles. The van der Waals surface area contributed by atoms with Crippen LogP contribution in [0.3, 0.4) is 0 Å². The molecule has 0 saturated carbocycles. The highest BCUT2D eigenvalue weighted by molar-refractivity contribution is 6.11. The molecule has 0 radical (unpaired) electrons. The fraction of sp³-hybridized carbons (Fsp3) is 0.542. The Morgan fingerprint density at radius 2 is 1.75 bits per heavy atom. The Labute approximate surface area is 191 Å². The minimum atomic E-state index is -0.182. The number of nitrogens with zero attached hydrogens (tertiary/aromatic N) is 5. The molecule has 0 aliphatic carbocycles. The number of fused-ring (bicyclic) bond motifs is 2. The maximum Gasteiger partial charge on any atom is 0.261 e. The van der Waals surface area contributed by atoms with Gasteiger partial charge < -0.3 is 25.3 Å². The van der Waals surface area contributed by atoms with Crippen LogP contribution in [0.2, 0.25) is 0 Å². The molecule has 8 nitrogen and oxygen atoms in total. The molecule has 172 valence electrons. The standard InChI is InChI=1S/C24H35N7O/c1-6-31(18-7-9-30(10-8-18)12-11-29(4)5)24-25-15-19-22(28-24)26-20-13-16(2)17(3)14-21(20)27-23(19)32/h13-15,18H,6-12H2,1-5H3,(H,27,32)(H,25,26,28). The van der Waals surface area contributed by atoms with Crippen LogP contribution in [0.1, 0.15) is 41.3 Å². The third-order valence-corrected chi connectivity index (χ3v) is 6.61. The van der Waals surface area contributed by atoms with Crippen LogP contribution in [0.5, 0.6) is 0 Å². The smallest absolute Gasteiger partial charge is 0.261 e. The molecule has 1 aromatic heterocycles. The van der Waals surface area contributed by atoms with Crippen molar-refractivity contribution in [3.05, 3.63) is 35.0 Å². The molecule has 0 atom stereocenters. The van der Waals surface area contributed by atoms with Crippen molar-refractivity contribution >= 4 is 29.0 Å². The third-order valence-electron chi connectivity index (χ3n) is 6.61. The van der Waals surface area contributed by atoms with Crippen LogP contribution in [0, 0.1) is 13.8 Å². The van der Waals surface area contributed by atoms with Crippen molar-refractivity contribution in [1.82, 2.24) is 19.8 Å². The molecular formula is C24H35N7O. The topological polar surface area (TPSA) is 76.6 Å². The summed E-state index contributed by atoms with van der Waals surface area (Å²) in [4.78, 5) is 29.3. The minimum absolute atomic E-state index is 0.182. The summed E-state index contributed by atoms with van der Waals surface area (Å²) in [6.07, 6.45) is 3.84. The van der Waals surface area contributed by atoms with Crippen molar-refractivity contribution in [2.45, 2.75) is 39.7 Å². The van der Waals surface area contributed by atoms with E-state index < -0.39 is 0 Å². The van der Waals surface area contributed by atoms with E-state index in [9.17, 15) is 4.79 Å². The number of amides is 1. The highest BCUT2D eigenvalue weighted by Crippen LogP contribution is 2.34. The number of rotatable bonds is 6. The number of aromatic nitrogens is 2. The summed E-state index contributed by atoms with van der Waals surface area (Å²) >= 11 is 0. The van der Waals surface area contributed by atoms with Gasteiger partial charge in [-0.05, 0) is 71.0 Å². The van der Waals surface area contributed by atoms with Crippen molar-refractivity contribution in [2.75, 3.05) is 62.4 Å². The summed E-state index contributed by atoms with van der Waals surface area (Å²) < 4.78 is 0. The quantitative estimate of drug-likeness (QED) is 0.718. The molecule has 1 saturated heterocycles. The summed E-state index contributed by atoms with van der Waals surface area (Å²) in [7, 11) is 4.24. The highest BCUT2D eigenvalue weighted by Gasteiger charge is 2.28. The molecule has 8 heteroatoms. The Hall–Kier alpha value is -2.71. The summed E-state index contributed by atoms with van der Waals surface area (Å²) in [5.74, 6) is 1.07. The van der Waals surface area contributed by atoms with Gasteiger partial charge in [-0.25, -0.2) is 4.98 Å². The van der Waals surface area contributed by atoms with Gasteiger partial charge in [0, 0.05) is 45.0 Å². The predicted molar refractivity (Wildman–Crippen MR) is 130 cm³/mol. The van der Waals surface area contributed by atoms with Crippen molar-refractivity contribution in [3.8, 4) is 0 Å². The van der Waals surface area contributed by atoms with E-state index >= 15 is 0 Å². The van der Waals surface area contributed by atoms with Crippen LogP contribution in [0.4, 0.5) is 23.1 Å². The van der Waals surface area contributed by atoms with Crippen LogP contribution in [0.15, 0.2) is 18.3 Å². The van der Waals surface area contributed by atoms with E-state index in [2.05, 4.69) is 64.3 Å². The fourth-order valence-corrected chi connectivity index (χ4v) is 4.47. The van der Waals surface area contributed by atoms with Crippen molar-refractivity contribution in [1.29, 1.82) is 0 Å².